The molecule has 0 aliphatic heterocycles. The molecular weight excluding hydrogens is 244 g/mol. The van der Waals surface area contributed by atoms with E-state index in [4.69, 9.17) is 5.26 Å². The topological polar surface area (TPSA) is 98.9 Å². The van der Waals surface area contributed by atoms with Gasteiger partial charge in [-0.2, -0.15) is 10.4 Å². The van der Waals surface area contributed by atoms with Crippen molar-refractivity contribution >= 4 is 11.8 Å². The van der Waals surface area contributed by atoms with Gasteiger partial charge in [-0.05, 0) is 31.7 Å². The molecule has 0 aromatic carbocycles. The van der Waals surface area contributed by atoms with Crippen LogP contribution in [-0.2, 0) is 4.79 Å². The zero-order valence-electron chi connectivity index (χ0n) is 11.0. The highest BCUT2D eigenvalue weighted by Crippen LogP contribution is 2.34. The Morgan fingerprint density at radius 1 is 1.53 bits per heavy atom. The lowest BCUT2D eigenvalue weighted by molar-refractivity contribution is -0.138. The molecule has 1 aromatic rings. The van der Waals surface area contributed by atoms with Gasteiger partial charge in [0.15, 0.2) is 5.82 Å². The number of aliphatic carboxylic acids is 1. The Morgan fingerprint density at radius 3 is 2.74 bits per heavy atom. The van der Waals surface area contributed by atoms with Crippen LogP contribution in [0.4, 0.5) is 5.82 Å². The van der Waals surface area contributed by atoms with E-state index in [-0.39, 0.29) is 5.82 Å². The Hall–Kier alpha value is -2.16. The summed E-state index contributed by atoms with van der Waals surface area (Å²) in [4.78, 5) is 11.2. The number of hydrogen-bond donors (Lipinski definition) is 2. The molecule has 6 heteroatoms. The van der Waals surface area contributed by atoms with Crippen LogP contribution in [0.15, 0.2) is 0 Å². The third kappa shape index (κ3) is 2.99. The van der Waals surface area contributed by atoms with Gasteiger partial charge in [0.1, 0.15) is 17.7 Å². The highest BCUT2D eigenvalue weighted by molar-refractivity contribution is 5.77. The highest BCUT2D eigenvalue weighted by Gasteiger charge is 2.30. The fourth-order valence-corrected chi connectivity index (χ4v) is 1.92. The van der Waals surface area contributed by atoms with E-state index >= 15 is 0 Å². The van der Waals surface area contributed by atoms with Crippen molar-refractivity contribution in [3.05, 3.63) is 16.8 Å². The average Bonchev–Trinajstić information content (AvgIpc) is 3.17. The van der Waals surface area contributed by atoms with Crippen molar-refractivity contribution in [3.63, 3.8) is 0 Å². The van der Waals surface area contributed by atoms with E-state index in [0.717, 1.165) is 18.4 Å². The van der Waals surface area contributed by atoms with Crippen molar-refractivity contribution in [3.8, 4) is 6.07 Å². The molecule has 0 saturated heterocycles. The van der Waals surface area contributed by atoms with Crippen LogP contribution < -0.4 is 5.32 Å². The van der Waals surface area contributed by atoms with Crippen LogP contribution in [0.5, 0.6) is 0 Å². The quantitative estimate of drug-likeness (QED) is 0.834. The molecule has 0 bridgehead atoms. The fraction of sp³-hybridized carbons (Fsp3) is 0.538. The lowest BCUT2D eigenvalue weighted by atomic mass is 10.1. The first kappa shape index (κ1) is 13.3. The van der Waals surface area contributed by atoms with Gasteiger partial charge in [0, 0.05) is 0 Å². The second kappa shape index (κ2) is 5.22. The minimum absolute atomic E-state index is 0.263. The van der Waals surface area contributed by atoms with Crippen LogP contribution in [-0.4, -0.2) is 27.3 Å². The Labute approximate surface area is 111 Å². The van der Waals surface area contributed by atoms with E-state index in [0.29, 0.717) is 23.6 Å². The molecule has 1 fully saturated rings. The van der Waals surface area contributed by atoms with E-state index in [1.54, 1.807) is 13.8 Å². The van der Waals surface area contributed by atoms with Gasteiger partial charge in [0.2, 0.25) is 0 Å². The van der Waals surface area contributed by atoms with Crippen molar-refractivity contribution in [1.29, 1.82) is 5.26 Å². The highest BCUT2D eigenvalue weighted by atomic mass is 16.4. The Bertz CT molecular complexity index is 546. The molecular formula is C13H16N4O2. The minimum Gasteiger partial charge on any atom is -0.480 e. The van der Waals surface area contributed by atoms with Crippen molar-refractivity contribution in [2.75, 3.05) is 5.32 Å². The summed E-state index contributed by atoms with van der Waals surface area (Å²) in [5.74, 6) is -0.187. The summed E-state index contributed by atoms with van der Waals surface area (Å²) in [7, 11) is 0. The van der Waals surface area contributed by atoms with E-state index in [1.165, 1.54) is 0 Å². The summed E-state index contributed by atoms with van der Waals surface area (Å²) in [5, 5.41) is 29.1. The fourth-order valence-electron chi connectivity index (χ4n) is 1.92. The van der Waals surface area contributed by atoms with Crippen molar-refractivity contribution in [2.45, 2.75) is 39.2 Å². The first-order valence-electron chi connectivity index (χ1n) is 6.26. The van der Waals surface area contributed by atoms with E-state index < -0.39 is 12.0 Å². The monoisotopic (exact) mass is 260 g/mol. The van der Waals surface area contributed by atoms with Gasteiger partial charge in [0.05, 0.1) is 5.69 Å². The number of nitrogens with one attached hydrogen (secondary N) is 1. The number of nitriles is 1. The summed E-state index contributed by atoms with van der Waals surface area (Å²) >= 11 is 0. The third-order valence-corrected chi connectivity index (χ3v) is 3.44. The molecule has 100 valence electrons. The van der Waals surface area contributed by atoms with Crippen molar-refractivity contribution < 1.29 is 9.90 Å². The smallest absolute Gasteiger partial charge is 0.326 e. The second-order valence-corrected chi connectivity index (χ2v) is 4.96. The first-order chi connectivity index (χ1) is 9.02. The molecule has 1 aliphatic carbocycles. The second-order valence-electron chi connectivity index (χ2n) is 4.96. The molecule has 0 spiro atoms. The molecule has 1 heterocycles. The summed E-state index contributed by atoms with van der Waals surface area (Å²) in [6.07, 6.45) is 2.72. The number of aryl methyl sites for hydroxylation is 1. The largest absolute Gasteiger partial charge is 0.480 e. The SMILES string of the molecule is Cc1nnc(NC(CC2CC2)C(=O)O)c(C#N)c1C. The zero-order chi connectivity index (χ0) is 14.0. The molecule has 0 radical (unpaired) electrons. The Kier molecular flexibility index (Phi) is 3.65. The van der Waals surface area contributed by atoms with Crippen LogP contribution in [0, 0.1) is 31.1 Å². The average molecular weight is 260 g/mol. The maximum Gasteiger partial charge on any atom is 0.326 e. The molecule has 1 saturated carbocycles. The normalized spacial score (nSPS) is 15.6. The van der Waals surface area contributed by atoms with Crippen LogP contribution in [0.1, 0.15) is 36.1 Å². The standard InChI is InChI=1S/C13H16N4O2/c1-7-8(2)16-17-12(10(7)6-14)15-11(13(18)19)5-9-3-4-9/h9,11H,3-5H2,1-2H3,(H,15,17)(H,18,19). The number of anilines is 1. The molecule has 2 N–H and O–H groups in total. The molecule has 0 amide bonds. The number of nitrogens with zero attached hydrogens (tertiary/aromatic N) is 3. The molecule has 19 heavy (non-hydrogen) atoms. The summed E-state index contributed by atoms with van der Waals surface area (Å²) in [5.41, 5.74) is 1.78. The lowest BCUT2D eigenvalue weighted by Crippen LogP contribution is -2.31. The molecule has 2 rings (SSSR count). The predicted octanol–water partition coefficient (Wildman–Crippen LogP) is 1.63. The van der Waals surface area contributed by atoms with Crippen LogP contribution in [0.25, 0.3) is 0 Å². The van der Waals surface area contributed by atoms with Gasteiger partial charge in [-0.15, -0.1) is 5.10 Å². The van der Waals surface area contributed by atoms with Gasteiger partial charge in [-0.25, -0.2) is 4.79 Å². The van der Waals surface area contributed by atoms with Crippen LogP contribution in [0.2, 0.25) is 0 Å². The third-order valence-electron chi connectivity index (χ3n) is 3.44. The van der Waals surface area contributed by atoms with Gasteiger partial charge >= 0.3 is 5.97 Å². The first-order valence-corrected chi connectivity index (χ1v) is 6.26. The lowest BCUT2D eigenvalue weighted by Gasteiger charge is -2.16. The minimum atomic E-state index is -0.921. The molecule has 6 nitrogen and oxygen atoms in total. The number of aromatic nitrogens is 2. The maximum atomic E-state index is 11.2. The summed E-state index contributed by atoms with van der Waals surface area (Å²) in [6, 6.07) is 1.35. The van der Waals surface area contributed by atoms with E-state index in [1.807, 2.05) is 0 Å². The number of rotatable bonds is 5. The Morgan fingerprint density at radius 2 is 2.21 bits per heavy atom. The zero-order valence-corrected chi connectivity index (χ0v) is 11.0. The van der Waals surface area contributed by atoms with Crippen LogP contribution >= 0.6 is 0 Å². The van der Waals surface area contributed by atoms with Crippen molar-refractivity contribution in [1.82, 2.24) is 10.2 Å². The van der Waals surface area contributed by atoms with Crippen LogP contribution in [0.3, 0.4) is 0 Å². The number of carboxylic acid groups (broad SMARTS) is 1. The van der Waals surface area contributed by atoms with Gasteiger partial charge < -0.3 is 10.4 Å². The molecule has 1 aliphatic rings. The number of carboxylic acids is 1. The number of hydrogen-bond acceptors (Lipinski definition) is 5. The summed E-state index contributed by atoms with van der Waals surface area (Å²) in [6.45, 7) is 3.55. The Balaban J connectivity index is 2.23. The molecule has 1 atom stereocenters. The van der Waals surface area contributed by atoms with Crippen molar-refractivity contribution in [2.24, 2.45) is 5.92 Å². The maximum absolute atomic E-state index is 11.2. The van der Waals surface area contributed by atoms with E-state index in [9.17, 15) is 9.90 Å². The van der Waals surface area contributed by atoms with Gasteiger partial charge in [0.25, 0.3) is 0 Å². The predicted molar refractivity (Wildman–Crippen MR) is 68.6 cm³/mol. The van der Waals surface area contributed by atoms with E-state index in [2.05, 4.69) is 21.6 Å². The van der Waals surface area contributed by atoms with Gasteiger partial charge in [-0.3, -0.25) is 0 Å². The summed E-state index contributed by atoms with van der Waals surface area (Å²) < 4.78 is 0. The van der Waals surface area contributed by atoms with Gasteiger partial charge in [-0.1, -0.05) is 12.8 Å². The molecule has 1 unspecified atom stereocenters. The molecule has 1 aromatic heterocycles. The number of carbonyl (C=O) groups is 1.